The molecule has 4 rings (SSSR count). The fourth-order valence-corrected chi connectivity index (χ4v) is 7.12. The van der Waals surface area contributed by atoms with Gasteiger partial charge in [0.15, 0.2) is 0 Å². The van der Waals surface area contributed by atoms with E-state index in [0.717, 1.165) is 13.4 Å². The van der Waals surface area contributed by atoms with Crippen LogP contribution in [0.25, 0.3) is 0 Å². The van der Waals surface area contributed by atoms with Gasteiger partial charge in [-0.3, -0.25) is 9.10 Å². The summed E-state index contributed by atoms with van der Waals surface area (Å²) in [4.78, 5) is 15.1. The predicted octanol–water partition coefficient (Wildman–Crippen LogP) is 3.33. The minimum atomic E-state index is -4.00. The van der Waals surface area contributed by atoms with Crippen molar-refractivity contribution in [2.45, 2.75) is 16.7 Å². The van der Waals surface area contributed by atoms with Crippen molar-refractivity contribution >= 4 is 54.2 Å². The van der Waals surface area contributed by atoms with Gasteiger partial charge in [0, 0.05) is 29.7 Å². The van der Waals surface area contributed by atoms with E-state index in [1.807, 2.05) is 6.92 Å². The van der Waals surface area contributed by atoms with E-state index in [9.17, 15) is 21.6 Å². The van der Waals surface area contributed by atoms with Gasteiger partial charge in [-0.1, -0.05) is 35.9 Å². The lowest BCUT2D eigenvalue weighted by molar-refractivity contribution is -0.130. The predicted molar refractivity (Wildman–Crippen MR) is 147 cm³/mol. The number of piperazine rings is 1. The fraction of sp³-hybridized carbons (Fsp3) is 0.240. The van der Waals surface area contributed by atoms with Crippen LogP contribution in [0.5, 0.6) is 0 Å². The molecule has 0 unspecified atom stereocenters. The molecule has 0 spiro atoms. The number of halogens is 1. The topological polar surface area (TPSA) is 95.1 Å². The van der Waals surface area contributed by atoms with Crippen LogP contribution in [-0.2, 0) is 24.8 Å². The highest BCUT2D eigenvalue weighted by molar-refractivity contribution is 14.1. The highest BCUT2D eigenvalue weighted by Crippen LogP contribution is 2.25. The van der Waals surface area contributed by atoms with Gasteiger partial charge in [0.1, 0.15) is 6.54 Å². The van der Waals surface area contributed by atoms with Crippen molar-refractivity contribution in [2.75, 3.05) is 37.0 Å². The van der Waals surface area contributed by atoms with E-state index in [-0.39, 0.29) is 48.4 Å². The number of hydrogen-bond acceptors (Lipinski definition) is 5. The van der Waals surface area contributed by atoms with Gasteiger partial charge in [-0.15, -0.1) is 0 Å². The second-order valence-electron chi connectivity index (χ2n) is 8.40. The van der Waals surface area contributed by atoms with Crippen LogP contribution >= 0.6 is 22.6 Å². The molecular formula is C25H26IN3O5S2. The summed E-state index contributed by atoms with van der Waals surface area (Å²) in [6, 6.07) is 21.5. The van der Waals surface area contributed by atoms with E-state index in [0.29, 0.717) is 5.69 Å². The van der Waals surface area contributed by atoms with Gasteiger partial charge in [-0.05, 0) is 78.0 Å². The van der Waals surface area contributed by atoms with Crippen molar-refractivity contribution in [1.29, 1.82) is 0 Å². The first-order valence-electron chi connectivity index (χ1n) is 11.3. The van der Waals surface area contributed by atoms with Gasteiger partial charge in [-0.25, -0.2) is 16.8 Å². The number of carbonyl (C=O) groups is 1. The number of rotatable bonds is 7. The summed E-state index contributed by atoms with van der Waals surface area (Å²) in [6.45, 7) is 2.13. The zero-order chi connectivity index (χ0) is 25.9. The van der Waals surface area contributed by atoms with Crippen LogP contribution in [0.4, 0.5) is 5.69 Å². The molecule has 1 amide bonds. The van der Waals surface area contributed by atoms with E-state index in [2.05, 4.69) is 22.6 Å². The van der Waals surface area contributed by atoms with Gasteiger partial charge in [0.25, 0.3) is 10.0 Å². The first kappa shape index (κ1) is 26.6. The molecule has 1 saturated heterocycles. The lowest BCUT2D eigenvalue weighted by Crippen LogP contribution is -2.53. The Hall–Kier alpha value is -2.48. The number of amides is 1. The monoisotopic (exact) mass is 639 g/mol. The molecule has 0 aliphatic carbocycles. The molecule has 1 fully saturated rings. The maximum atomic E-state index is 13.5. The standard InChI is InChI=1S/C25H26IN3O5S2/c1-20-7-13-24(14-8-20)35(31,32)28-17-15-27(16-18-28)25(30)19-29(22-11-9-21(26)10-12-22)36(33,34)23-5-3-2-4-6-23/h2-14H,15-19H2,1H3. The molecule has 0 bridgehead atoms. The van der Waals surface area contributed by atoms with Crippen LogP contribution in [0, 0.1) is 10.5 Å². The van der Waals surface area contributed by atoms with Crippen LogP contribution in [0.2, 0.25) is 0 Å². The van der Waals surface area contributed by atoms with Crippen LogP contribution in [0.15, 0.2) is 88.7 Å². The van der Waals surface area contributed by atoms with Gasteiger partial charge in [0.05, 0.1) is 15.5 Å². The van der Waals surface area contributed by atoms with Gasteiger partial charge >= 0.3 is 0 Å². The molecule has 36 heavy (non-hydrogen) atoms. The highest BCUT2D eigenvalue weighted by atomic mass is 127. The SMILES string of the molecule is Cc1ccc(S(=O)(=O)N2CCN(C(=O)CN(c3ccc(I)cc3)S(=O)(=O)c3ccccc3)CC2)cc1. The molecule has 0 atom stereocenters. The van der Waals surface area contributed by atoms with Crippen LogP contribution in [0.3, 0.4) is 0 Å². The van der Waals surface area contributed by atoms with Crippen LogP contribution in [-0.4, -0.2) is 64.7 Å². The van der Waals surface area contributed by atoms with Crippen molar-refractivity contribution in [2.24, 2.45) is 0 Å². The lowest BCUT2D eigenvalue weighted by atomic mass is 10.2. The second kappa shape index (κ2) is 10.9. The zero-order valence-electron chi connectivity index (χ0n) is 19.6. The summed E-state index contributed by atoms with van der Waals surface area (Å²) in [7, 11) is -7.67. The Balaban J connectivity index is 1.51. The van der Waals surface area contributed by atoms with E-state index in [1.165, 1.54) is 21.3 Å². The number of aryl methyl sites for hydroxylation is 1. The summed E-state index contributed by atoms with van der Waals surface area (Å²) in [5.41, 5.74) is 1.35. The molecule has 190 valence electrons. The number of nitrogens with zero attached hydrogens (tertiary/aromatic N) is 3. The van der Waals surface area contributed by atoms with E-state index >= 15 is 0 Å². The molecule has 11 heteroatoms. The maximum absolute atomic E-state index is 13.5. The molecular weight excluding hydrogens is 613 g/mol. The number of carbonyl (C=O) groups excluding carboxylic acids is 1. The first-order chi connectivity index (χ1) is 17.1. The smallest absolute Gasteiger partial charge is 0.264 e. The van der Waals surface area contributed by atoms with E-state index in [1.54, 1.807) is 66.7 Å². The second-order valence-corrected chi connectivity index (χ2v) is 13.4. The lowest BCUT2D eigenvalue weighted by Gasteiger charge is -2.35. The molecule has 1 heterocycles. The summed E-state index contributed by atoms with van der Waals surface area (Å²) in [6.07, 6.45) is 0. The van der Waals surface area contributed by atoms with Gasteiger partial charge in [0.2, 0.25) is 15.9 Å². The minimum absolute atomic E-state index is 0.0883. The number of hydrogen-bond donors (Lipinski definition) is 0. The van der Waals surface area contributed by atoms with Crippen LogP contribution < -0.4 is 4.31 Å². The summed E-state index contributed by atoms with van der Waals surface area (Å²) < 4.78 is 56.3. The van der Waals surface area contributed by atoms with Crippen molar-refractivity contribution in [3.05, 3.63) is 88.0 Å². The van der Waals surface area contributed by atoms with Crippen molar-refractivity contribution in [1.82, 2.24) is 9.21 Å². The molecule has 1 aliphatic rings. The Labute approximate surface area is 225 Å². The number of sulfonamides is 2. The number of benzene rings is 3. The quantitative estimate of drug-likeness (QED) is 0.370. The molecule has 0 N–H and O–H groups in total. The molecule has 0 saturated carbocycles. The average Bonchev–Trinajstić information content (AvgIpc) is 2.88. The molecule has 3 aromatic rings. The molecule has 8 nitrogen and oxygen atoms in total. The van der Waals surface area contributed by atoms with Crippen LogP contribution in [0.1, 0.15) is 5.56 Å². The van der Waals surface area contributed by atoms with Gasteiger partial charge in [-0.2, -0.15) is 4.31 Å². The summed E-state index contributed by atoms with van der Waals surface area (Å²) >= 11 is 2.13. The Morgan fingerprint density at radius 1 is 0.806 bits per heavy atom. The Morgan fingerprint density at radius 2 is 1.39 bits per heavy atom. The number of anilines is 1. The average molecular weight is 640 g/mol. The van der Waals surface area contributed by atoms with Gasteiger partial charge < -0.3 is 4.90 Å². The normalized spacial score (nSPS) is 15.0. The summed E-state index contributed by atoms with van der Waals surface area (Å²) in [5.74, 6) is -0.388. The molecule has 3 aromatic carbocycles. The summed E-state index contributed by atoms with van der Waals surface area (Å²) in [5, 5.41) is 0. The highest BCUT2D eigenvalue weighted by Gasteiger charge is 2.33. The van der Waals surface area contributed by atoms with E-state index in [4.69, 9.17) is 0 Å². The Bertz CT molecular complexity index is 1420. The largest absolute Gasteiger partial charge is 0.338 e. The molecule has 0 aromatic heterocycles. The third-order valence-electron chi connectivity index (χ3n) is 5.97. The Kier molecular flexibility index (Phi) is 8.03. The maximum Gasteiger partial charge on any atom is 0.264 e. The van der Waals surface area contributed by atoms with E-state index < -0.39 is 20.0 Å². The third-order valence-corrected chi connectivity index (χ3v) is 10.4. The molecule has 1 aliphatic heterocycles. The molecule has 0 radical (unpaired) electrons. The van der Waals surface area contributed by atoms with Crippen molar-refractivity contribution in [3.63, 3.8) is 0 Å². The zero-order valence-corrected chi connectivity index (χ0v) is 23.4. The fourth-order valence-electron chi connectivity index (χ4n) is 3.90. The van der Waals surface area contributed by atoms with Crippen molar-refractivity contribution in [3.8, 4) is 0 Å². The van der Waals surface area contributed by atoms with Crippen molar-refractivity contribution < 1.29 is 21.6 Å². The third kappa shape index (κ3) is 5.74. The first-order valence-corrected chi connectivity index (χ1v) is 15.2. The minimum Gasteiger partial charge on any atom is -0.338 e. The Morgan fingerprint density at radius 3 is 1.97 bits per heavy atom.